The van der Waals surface area contributed by atoms with Crippen LogP contribution in [0.2, 0.25) is 0 Å². The number of hydrogen-bond donors (Lipinski definition) is 1. The second kappa shape index (κ2) is 6.53. The van der Waals surface area contributed by atoms with E-state index in [1.807, 2.05) is 18.2 Å². The minimum atomic E-state index is 0.727. The molecule has 0 bridgehead atoms. The summed E-state index contributed by atoms with van der Waals surface area (Å²) < 4.78 is 0. The van der Waals surface area contributed by atoms with Crippen molar-refractivity contribution in [3.8, 4) is 0 Å². The topological polar surface area (TPSA) is 15.3 Å². The van der Waals surface area contributed by atoms with Crippen molar-refractivity contribution < 1.29 is 0 Å². The van der Waals surface area contributed by atoms with Gasteiger partial charge in [-0.25, -0.2) is 0 Å². The summed E-state index contributed by atoms with van der Waals surface area (Å²) in [5, 5.41) is 4.07. The van der Waals surface area contributed by atoms with Crippen LogP contribution in [0.25, 0.3) is 0 Å². The number of nitrogens with zero attached hydrogens (tertiary/aromatic N) is 1. The molecule has 1 N–H and O–H groups in total. The molecular formula is C17H20N2S. The molecule has 0 atom stereocenters. The van der Waals surface area contributed by atoms with Crippen molar-refractivity contribution in [2.45, 2.75) is 20.8 Å². The summed E-state index contributed by atoms with van der Waals surface area (Å²) in [7, 11) is 0. The molecule has 0 unspecified atom stereocenters. The zero-order valence-corrected chi connectivity index (χ0v) is 13.0. The lowest BCUT2D eigenvalue weighted by molar-refractivity contribution is 1.06. The predicted molar refractivity (Wildman–Crippen MR) is 91.6 cm³/mol. The highest BCUT2D eigenvalue weighted by Gasteiger charge is 2.10. The minimum absolute atomic E-state index is 0.727. The van der Waals surface area contributed by atoms with Crippen LogP contribution < -0.4 is 10.2 Å². The highest BCUT2D eigenvalue weighted by atomic mass is 32.1. The van der Waals surface area contributed by atoms with E-state index in [2.05, 4.69) is 61.3 Å². The van der Waals surface area contributed by atoms with E-state index >= 15 is 0 Å². The Bertz CT molecular complexity index is 593. The number of anilines is 2. The van der Waals surface area contributed by atoms with Gasteiger partial charge in [0.2, 0.25) is 0 Å². The lowest BCUT2D eigenvalue weighted by atomic mass is 10.1. The van der Waals surface area contributed by atoms with Gasteiger partial charge in [0, 0.05) is 17.9 Å². The van der Waals surface area contributed by atoms with Crippen LogP contribution in [0.3, 0.4) is 0 Å². The highest BCUT2D eigenvalue weighted by Crippen LogP contribution is 2.19. The molecule has 0 amide bonds. The average Bonchev–Trinajstić information content (AvgIpc) is 2.44. The largest absolute Gasteiger partial charge is 0.332 e. The molecule has 0 aliphatic rings. The molecule has 2 aromatic rings. The Morgan fingerprint density at radius 1 is 1.10 bits per heavy atom. The molecule has 20 heavy (non-hydrogen) atoms. The van der Waals surface area contributed by atoms with Crippen LogP contribution in [-0.4, -0.2) is 11.7 Å². The summed E-state index contributed by atoms with van der Waals surface area (Å²) in [5.41, 5.74) is 4.64. The lowest BCUT2D eigenvalue weighted by Crippen LogP contribution is -2.34. The highest BCUT2D eigenvalue weighted by molar-refractivity contribution is 7.80. The Morgan fingerprint density at radius 2 is 1.80 bits per heavy atom. The second-order valence-corrected chi connectivity index (χ2v) is 5.22. The van der Waals surface area contributed by atoms with Crippen LogP contribution >= 0.6 is 12.2 Å². The maximum absolute atomic E-state index is 5.55. The number of hydrogen-bond acceptors (Lipinski definition) is 1. The normalized spacial score (nSPS) is 10.2. The standard InChI is InChI=1S/C17H20N2S/c1-4-19(15-8-6-5-7-9-15)17(20)18-16-11-10-13(2)12-14(16)3/h5-12H,4H2,1-3H3,(H,18,20). The van der Waals surface area contributed by atoms with E-state index in [0.717, 1.165) is 23.0 Å². The fourth-order valence-electron chi connectivity index (χ4n) is 2.19. The zero-order valence-electron chi connectivity index (χ0n) is 12.2. The van der Waals surface area contributed by atoms with Gasteiger partial charge in [-0.1, -0.05) is 35.9 Å². The molecule has 2 rings (SSSR count). The van der Waals surface area contributed by atoms with Crippen molar-refractivity contribution in [2.24, 2.45) is 0 Å². The number of thiocarbonyl (C=S) groups is 1. The number of para-hydroxylation sites is 1. The Morgan fingerprint density at radius 3 is 2.40 bits per heavy atom. The van der Waals surface area contributed by atoms with Crippen molar-refractivity contribution >= 4 is 28.7 Å². The third kappa shape index (κ3) is 3.36. The monoisotopic (exact) mass is 284 g/mol. The van der Waals surface area contributed by atoms with E-state index in [9.17, 15) is 0 Å². The lowest BCUT2D eigenvalue weighted by Gasteiger charge is -2.25. The number of aryl methyl sites for hydroxylation is 2. The van der Waals surface area contributed by atoms with E-state index in [4.69, 9.17) is 12.2 Å². The van der Waals surface area contributed by atoms with E-state index in [-0.39, 0.29) is 0 Å². The molecule has 0 heterocycles. The van der Waals surface area contributed by atoms with E-state index in [1.165, 1.54) is 11.1 Å². The van der Waals surface area contributed by atoms with E-state index < -0.39 is 0 Å². The molecule has 0 aliphatic carbocycles. The number of rotatable bonds is 3. The molecule has 3 heteroatoms. The first-order valence-electron chi connectivity index (χ1n) is 6.82. The maximum Gasteiger partial charge on any atom is 0.177 e. The fourth-order valence-corrected chi connectivity index (χ4v) is 2.53. The summed E-state index contributed by atoms with van der Waals surface area (Å²) in [6.45, 7) is 7.12. The van der Waals surface area contributed by atoms with Crippen LogP contribution in [0.15, 0.2) is 48.5 Å². The SMILES string of the molecule is CCN(C(=S)Nc1ccc(C)cc1C)c1ccccc1. The van der Waals surface area contributed by atoms with Gasteiger partial charge in [-0.2, -0.15) is 0 Å². The van der Waals surface area contributed by atoms with Crippen LogP contribution in [0.4, 0.5) is 11.4 Å². The molecule has 0 aromatic heterocycles. The molecule has 0 aliphatic heterocycles. The predicted octanol–water partition coefficient (Wildman–Crippen LogP) is 4.53. The van der Waals surface area contributed by atoms with Gasteiger partial charge in [0.1, 0.15) is 0 Å². The Labute approximate surface area is 126 Å². The summed E-state index contributed by atoms with van der Waals surface area (Å²) in [6, 6.07) is 16.5. The molecule has 2 aromatic carbocycles. The summed E-state index contributed by atoms with van der Waals surface area (Å²) >= 11 is 5.55. The molecule has 0 radical (unpaired) electrons. The molecule has 0 saturated heterocycles. The quantitative estimate of drug-likeness (QED) is 0.834. The van der Waals surface area contributed by atoms with Crippen molar-refractivity contribution in [3.05, 3.63) is 59.7 Å². The summed E-state index contributed by atoms with van der Waals surface area (Å²) in [4.78, 5) is 2.09. The van der Waals surface area contributed by atoms with Gasteiger partial charge >= 0.3 is 0 Å². The van der Waals surface area contributed by atoms with Crippen molar-refractivity contribution in [2.75, 3.05) is 16.8 Å². The minimum Gasteiger partial charge on any atom is -0.332 e. The fraction of sp³-hybridized carbons (Fsp3) is 0.235. The smallest absolute Gasteiger partial charge is 0.177 e. The molecule has 0 fully saturated rings. The van der Waals surface area contributed by atoms with Gasteiger partial charge in [0.25, 0.3) is 0 Å². The molecular weight excluding hydrogens is 264 g/mol. The molecule has 0 spiro atoms. The Kier molecular flexibility index (Phi) is 4.74. The number of benzene rings is 2. The van der Waals surface area contributed by atoms with E-state index in [1.54, 1.807) is 0 Å². The Hall–Kier alpha value is -1.87. The van der Waals surface area contributed by atoms with Gasteiger partial charge in [-0.05, 0) is 56.8 Å². The maximum atomic E-state index is 5.55. The van der Waals surface area contributed by atoms with Crippen LogP contribution in [0.5, 0.6) is 0 Å². The van der Waals surface area contributed by atoms with Crippen molar-refractivity contribution in [1.29, 1.82) is 0 Å². The zero-order chi connectivity index (χ0) is 14.5. The summed E-state index contributed by atoms with van der Waals surface area (Å²) in [5.74, 6) is 0. The van der Waals surface area contributed by atoms with Gasteiger partial charge in [0.05, 0.1) is 0 Å². The van der Waals surface area contributed by atoms with Crippen LogP contribution in [0.1, 0.15) is 18.1 Å². The van der Waals surface area contributed by atoms with Gasteiger partial charge in [-0.3, -0.25) is 0 Å². The molecule has 104 valence electrons. The van der Waals surface area contributed by atoms with Gasteiger partial charge in [0.15, 0.2) is 5.11 Å². The average molecular weight is 284 g/mol. The molecule has 0 saturated carbocycles. The van der Waals surface area contributed by atoms with Crippen LogP contribution in [0, 0.1) is 13.8 Å². The molecule has 2 nitrogen and oxygen atoms in total. The third-order valence-electron chi connectivity index (χ3n) is 3.25. The second-order valence-electron chi connectivity index (χ2n) is 4.83. The van der Waals surface area contributed by atoms with Gasteiger partial charge < -0.3 is 10.2 Å². The van der Waals surface area contributed by atoms with Gasteiger partial charge in [-0.15, -0.1) is 0 Å². The first kappa shape index (κ1) is 14.5. The van der Waals surface area contributed by atoms with Crippen LogP contribution in [-0.2, 0) is 0 Å². The number of nitrogens with one attached hydrogen (secondary N) is 1. The first-order valence-corrected chi connectivity index (χ1v) is 7.23. The summed E-state index contributed by atoms with van der Waals surface area (Å²) in [6.07, 6.45) is 0. The van der Waals surface area contributed by atoms with E-state index in [0.29, 0.717) is 0 Å². The van der Waals surface area contributed by atoms with Crippen molar-refractivity contribution in [3.63, 3.8) is 0 Å². The van der Waals surface area contributed by atoms with Crippen molar-refractivity contribution in [1.82, 2.24) is 0 Å². The Balaban J connectivity index is 2.18. The third-order valence-corrected chi connectivity index (χ3v) is 3.58. The first-order chi connectivity index (χ1) is 9.61.